The highest BCUT2D eigenvalue weighted by Crippen LogP contribution is 2.37. The van der Waals surface area contributed by atoms with Crippen LogP contribution in [0, 0.1) is 66.1 Å². The largest absolute Gasteiger partial charge is 0.469 e. The minimum absolute atomic E-state index is 0.0822. The molecule has 4 aromatic rings. The first-order chi connectivity index (χ1) is 60.7. The lowest BCUT2D eigenvalue weighted by atomic mass is 9.89. The minimum atomic E-state index is -0.842. The van der Waals surface area contributed by atoms with Gasteiger partial charge in [-0.05, 0) is 241 Å². The first-order valence-corrected chi connectivity index (χ1v) is 46.9. The van der Waals surface area contributed by atoms with Gasteiger partial charge in [0.05, 0.1) is 51.6 Å². The Kier molecular flexibility index (Phi) is 61.3. The van der Waals surface area contributed by atoms with Crippen LogP contribution in [0.1, 0.15) is 217 Å². The molecule has 6 unspecified atom stereocenters. The number of hydrogen-bond donors (Lipinski definition) is 5. The number of ether oxygens (including phenoxy) is 13. The van der Waals surface area contributed by atoms with Gasteiger partial charge >= 0.3 is 23.9 Å². The maximum absolute atomic E-state index is 12.3. The highest BCUT2D eigenvalue weighted by Gasteiger charge is 2.32. The van der Waals surface area contributed by atoms with Crippen molar-refractivity contribution in [2.75, 3.05) is 161 Å². The van der Waals surface area contributed by atoms with Gasteiger partial charge in [-0.1, -0.05) is 112 Å². The smallest absolute Gasteiger partial charge is 0.340 e. The molecule has 126 heavy (non-hydrogen) atoms. The van der Waals surface area contributed by atoms with E-state index in [0.717, 1.165) is 270 Å². The van der Waals surface area contributed by atoms with Gasteiger partial charge in [0.2, 0.25) is 0 Å². The number of aliphatic hydroxyl groups is 3. The van der Waals surface area contributed by atoms with E-state index in [1.54, 1.807) is 18.2 Å². The van der Waals surface area contributed by atoms with Crippen LogP contribution in [-0.4, -0.2) is 241 Å². The summed E-state index contributed by atoms with van der Waals surface area (Å²) in [4.78, 5) is 71.1. The summed E-state index contributed by atoms with van der Waals surface area (Å²) in [6, 6.07) is 24.0. The Hall–Kier alpha value is -6.29. The van der Waals surface area contributed by atoms with E-state index >= 15 is 0 Å². The van der Waals surface area contributed by atoms with Crippen molar-refractivity contribution in [1.82, 2.24) is 9.88 Å². The third-order valence-electron chi connectivity index (χ3n) is 24.4. The van der Waals surface area contributed by atoms with Crippen LogP contribution in [0.25, 0.3) is 26.9 Å². The van der Waals surface area contributed by atoms with Crippen LogP contribution in [-0.2, 0) is 85.6 Å². The number of azide groups is 1. The number of nitrogens with two attached hydrogens (primary N) is 1. The van der Waals surface area contributed by atoms with Gasteiger partial charge < -0.3 is 97.3 Å². The molecule has 10 heterocycles. The molecule has 28 nitrogen and oxygen atoms in total. The second-order valence-corrected chi connectivity index (χ2v) is 35.0. The van der Waals surface area contributed by atoms with E-state index in [-0.39, 0.29) is 53.7 Å². The molecule has 9 aliphatic heterocycles. The number of nitrogens with one attached hydrogen (secondary N) is 1. The van der Waals surface area contributed by atoms with E-state index in [1.807, 2.05) is 76.2 Å². The van der Waals surface area contributed by atoms with E-state index in [0.29, 0.717) is 84.1 Å². The van der Waals surface area contributed by atoms with Crippen LogP contribution in [0.5, 0.6) is 0 Å². The number of carbonyl (C=O) groups is 6. The van der Waals surface area contributed by atoms with Gasteiger partial charge in [-0.25, -0.2) is 9.59 Å². The Labute approximate surface area is 767 Å². The van der Waals surface area contributed by atoms with Gasteiger partial charge in [-0.15, -0.1) is 0 Å². The third-order valence-corrected chi connectivity index (χ3v) is 25.9. The third kappa shape index (κ3) is 42.7. The molecule has 0 spiro atoms. The fourth-order valence-corrected chi connectivity index (χ4v) is 17.1. The van der Waals surface area contributed by atoms with Crippen LogP contribution in [0.4, 0.5) is 0 Å². The fraction of sp³-hybridized carbons (Fsp3) is 0.708. The molecule has 1 aromatic heterocycles. The van der Waals surface area contributed by atoms with Gasteiger partial charge in [0.15, 0.2) is 0 Å². The Balaban J connectivity index is 0.000000370. The van der Waals surface area contributed by atoms with Crippen LogP contribution < -0.4 is 11.1 Å². The molecule has 9 saturated heterocycles. The van der Waals surface area contributed by atoms with Gasteiger partial charge in [-0.2, -0.15) is 0 Å². The summed E-state index contributed by atoms with van der Waals surface area (Å²) in [5, 5.41) is 32.9. The molecule has 0 saturated carbocycles. The van der Waals surface area contributed by atoms with E-state index < -0.39 is 11.9 Å². The molecular formula is C96H154Br2N6O22. The lowest BCUT2D eigenvalue weighted by molar-refractivity contribution is -0.148. The van der Waals surface area contributed by atoms with Crippen molar-refractivity contribution in [2.24, 2.45) is 70.0 Å². The predicted molar refractivity (Wildman–Crippen MR) is 498 cm³/mol. The van der Waals surface area contributed by atoms with Crippen molar-refractivity contribution < 1.29 is 106 Å². The fourth-order valence-electron chi connectivity index (χ4n) is 16.1. The highest BCUT2D eigenvalue weighted by molar-refractivity contribution is 9.10. The minimum Gasteiger partial charge on any atom is -0.469 e. The van der Waals surface area contributed by atoms with E-state index in [2.05, 4.69) is 102 Å². The summed E-state index contributed by atoms with van der Waals surface area (Å²) in [5.41, 5.74) is 19.6. The van der Waals surface area contributed by atoms with Crippen molar-refractivity contribution in [3.05, 3.63) is 120 Å². The molecule has 30 heteroatoms. The number of esters is 4. The number of rotatable bonds is 19. The van der Waals surface area contributed by atoms with Crippen LogP contribution in [0.3, 0.4) is 0 Å². The van der Waals surface area contributed by atoms with Gasteiger partial charge in [0, 0.05) is 204 Å². The second-order valence-electron chi connectivity index (χ2n) is 33.3. The summed E-state index contributed by atoms with van der Waals surface area (Å²) >= 11 is 6.82. The average molecular weight is 1900 g/mol. The maximum Gasteiger partial charge on any atom is 0.340 e. The number of aliphatic hydroxyl groups excluding tert-OH is 3. The molecule has 0 radical (unpaired) electrons. The van der Waals surface area contributed by atoms with Crippen LogP contribution in [0.15, 0.2) is 92.6 Å². The summed E-state index contributed by atoms with van der Waals surface area (Å²) in [6.45, 7) is 35.5. The number of halogens is 2. The number of ketones is 1. The molecule has 13 rings (SSSR count). The maximum atomic E-state index is 12.3. The number of fused-ring (bicyclic) bond motifs is 1. The van der Waals surface area contributed by atoms with Crippen molar-refractivity contribution in [3.8, 4) is 0 Å². The summed E-state index contributed by atoms with van der Waals surface area (Å²) in [5.74, 6) is 3.23. The molecule has 0 amide bonds. The Morgan fingerprint density at radius 1 is 0.548 bits per heavy atom. The zero-order chi connectivity index (χ0) is 93.1. The number of aldehydes is 1. The zero-order valence-corrected chi connectivity index (χ0v) is 81.3. The molecule has 3 aromatic carbocycles. The summed E-state index contributed by atoms with van der Waals surface area (Å²) in [6.07, 6.45) is 19.6. The number of benzene rings is 3. The number of aromatic nitrogens is 1. The van der Waals surface area contributed by atoms with Crippen molar-refractivity contribution >= 4 is 84.3 Å². The monoisotopic (exact) mass is 1900 g/mol. The molecule has 0 aliphatic carbocycles. The van der Waals surface area contributed by atoms with Crippen LogP contribution >= 0.6 is 31.9 Å². The molecule has 6 N–H and O–H groups in total. The Morgan fingerprint density at radius 2 is 0.968 bits per heavy atom. The molecule has 6 atom stereocenters. The topological polar surface area (TPSA) is 375 Å². The average Bonchev–Trinajstić information content (AvgIpc) is 1.60. The van der Waals surface area contributed by atoms with Gasteiger partial charge in [0.25, 0.3) is 0 Å². The standard InChI is InChI=1S/C18H24BrNO3.C18H23NO3.C11H11BrO3.C8H16O.C7H13N3O.C7H15NO.C7H12O3.C7H14O2.C6H12O2.C6H10O2.CH4O/c1-12(14-8-10-23-11-9-14)20-13(2)17(18(21)22-3)15-6-4-5-7-16(15)19;1-12(14-8-10-22-11-9-14)19-13(2)17(18(20)21-3)15-6-4-5-7-16(15)19;1-7(13)10(11(14)15-2)8-5-3-4-6-9(8)12;1-7(2)8-3-5-9-6-4-8;1-6(9-10-8)7-2-4-11-5-3-7;1-6(8)7-2-4-9-5-3-7;1-9-7(8)6-2-4-10-5-3-6;1-6(8)7-2-4-9-5-3-7;2*7-5-6-1-3-8-4-2-6;1-2/h4-7,12,14,20H,8-11H2,1-3H3;4-7,12,14H,8-11H2,1-3H3;3-6,10H,1-2H3;7-8H,3-6H2,1-2H3;6-7H,2-5H2,1H3;6-7H,2-5,8H2,1H3;6H,2-5H2,1H3;6-8H,2-5H2,1H3;6-7H,1-5H2;5-6H,1-4H2;2H,1H3/b17-13-;;;;;;;;;;. The normalized spacial score (nSPS) is 19.7. The number of carbonyl (C=O) groups excluding carboxylic acids is 6. The number of methoxy groups -OCH3 is 4. The Bertz CT molecular complexity index is 3640. The van der Waals surface area contributed by atoms with Crippen molar-refractivity contribution in [3.63, 3.8) is 0 Å². The number of nitrogens with zero attached hydrogens (tertiary/aromatic N) is 4. The van der Waals surface area contributed by atoms with Crippen molar-refractivity contribution in [2.45, 2.75) is 221 Å². The van der Waals surface area contributed by atoms with Crippen molar-refractivity contribution in [1.29, 1.82) is 0 Å². The SMILES string of the molecule is CC(C)C1CCOCC1.CC(N)C1CCOCC1.CC(N=[N+]=[N-])C1CCOCC1.CC(O)C1CCOCC1.CO.COC(=O)/C(=C(/C)NC(C)C1CCOCC1)c1ccccc1Br.COC(=O)C(C(C)=O)c1ccccc1Br.COC(=O)C1CCOCC1.COC(=O)c1c(C)n(C(C)C2CCOCC2)c2ccccc12.O=CC1CCOCC1.OCC1CCOCC1. The summed E-state index contributed by atoms with van der Waals surface area (Å²) < 4.78 is 70.0. The number of Topliss-reactive ketones (excluding diaryl/α,β-unsaturated/α-hetero) is 1. The zero-order valence-electron chi connectivity index (χ0n) is 78.1. The van der Waals surface area contributed by atoms with Gasteiger partial charge in [0.1, 0.15) is 18.0 Å². The van der Waals surface area contributed by atoms with E-state index in [4.69, 9.17) is 78.7 Å². The first kappa shape index (κ1) is 114. The second kappa shape index (κ2) is 67.8. The number of hydrogen-bond acceptors (Lipinski definition) is 25. The summed E-state index contributed by atoms with van der Waals surface area (Å²) in [7, 11) is 6.55. The molecule has 714 valence electrons. The van der Waals surface area contributed by atoms with Crippen LogP contribution in [0.2, 0.25) is 0 Å². The van der Waals surface area contributed by atoms with E-state index in [9.17, 15) is 28.8 Å². The van der Waals surface area contributed by atoms with E-state index in [1.165, 1.54) is 48.2 Å². The van der Waals surface area contributed by atoms with Gasteiger partial charge in [-0.3, -0.25) is 14.4 Å². The first-order valence-electron chi connectivity index (χ1n) is 45.3. The lowest BCUT2D eigenvalue weighted by Gasteiger charge is -2.30. The quantitative estimate of drug-likeness (QED) is 0.00850. The molecule has 9 aliphatic rings. The molecule has 0 bridgehead atoms. The Morgan fingerprint density at radius 3 is 1.35 bits per heavy atom. The molecular weight excluding hydrogens is 1750 g/mol. The number of allylic oxidation sites excluding steroid dienone is 1. The lowest BCUT2D eigenvalue weighted by Crippen LogP contribution is -2.36. The number of para-hydroxylation sites is 1. The molecule has 9 fully saturated rings. The predicted octanol–water partition coefficient (Wildman–Crippen LogP) is 16.7. The highest BCUT2D eigenvalue weighted by atomic mass is 79.9.